The van der Waals surface area contributed by atoms with Crippen molar-refractivity contribution in [2.45, 2.75) is 26.4 Å². The predicted octanol–water partition coefficient (Wildman–Crippen LogP) is 0.0494. The normalized spacial score (nSPS) is 10.9. The molecule has 0 bridgehead atoms. The van der Waals surface area contributed by atoms with Gasteiger partial charge in [-0.3, -0.25) is 15.1 Å². The minimum absolute atomic E-state index is 0.0614. The first-order chi connectivity index (χ1) is 8.51. The van der Waals surface area contributed by atoms with E-state index in [0.717, 1.165) is 0 Å². The Morgan fingerprint density at radius 2 is 2.06 bits per heavy atom. The van der Waals surface area contributed by atoms with Gasteiger partial charge in [-0.25, -0.2) is 0 Å². The predicted molar refractivity (Wildman–Crippen MR) is 65.2 cm³/mol. The first-order valence-corrected chi connectivity index (χ1v) is 5.55. The van der Waals surface area contributed by atoms with Crippen LogP contribution in [-0.2, 0) is 6.54 Å². The molecule has 1 heterocycles. The number of pyridine rings is 1. The van der Waals surface area contributed by atoms with E-state index >= 15 is 0 Å². The fraction of sp³-hybridized carbons (Fsp3) is 0.545. The van der Waals surface area contributed by atoms with Crippen LogP contribution in [-0.4, -0.2) is 39.4 Å². The third-order valence-corrected chi connectivity index (χ3v) is 2.76. The van der Waals surface area contributed by atoms with Crippen LogP contribution in [0.4, 0.5) is 5.69 Å². The number of hydrogen-bond acceptors (Lipinski definition) is 6. The van der Waals surface area contributed by atoms with Crippen LogP contribution < -0.4 is 5.32 Å². The Kier molecular flexibility index (Phi) is 5.14. The summed E-state index contributed by atoms with van der Waals surface area (Å²) in [5.41, 5.74) is 1.62. The molecule has 1 aromatic heterocycles. The molecule has 0 fully saturated rings. The Hall–Kier alpha value is -1.57. The number of rotatable bonds is 6. The molecule has 0 amide bonds. The summed E-state index contributed by atoms with van der Waals surface area (Å²) in [5.74, 6) is 0. The first-order valence-electron chi connectivity index (χ1n) is 5.55. The highest BCUT2D eigenvalue weighted by atomic mass is 16.6. The molecule has 0 saturated carbocycles. The molecular formula is C11H17N3O4. The molecular weight excluding hydrogens is 238 g/mol. The van der Waals surface area contributed by atoms with Crippen LogP contribution in [0.2, 0.25) is 0 Å². The van der Waals surface area contributed by atoms with Crippen molar-refractivity contribution in [3.63, 3.8) is 0 Å². The van der Waals surface area contributed by atoms with E-state index in [1.165, 1.54) is 6.20 Å². The van der Waals surface area contributed by atoms with Crippen molar-refractivity contribution < 1.29 is 15.1 Å². The first kappa shape index (κ1) is 14.5. The van der Waals surface area contributed by atoms with Gasteiger partial charge in [-0.1, -0.05) is 0 Å². The standard InChI is InChI=1S/C11H17N3O4/c1-7-3-13-10(4-12-9(5-15)6-16)8(2)11(7)14(17)18/h3,9,12,15-16H,4-6H2,1-2H3. The lowest BCUT2D eigenvalue weighted by atomic mass is 10.1. The average molecular weight is 255 g/mol. The maximum Gasteiger partial charge on any atom is 0.278 e. The van der Waals surface area contributed by atoms with Gasteiger partial charge in [0, 0.05) is 23.9 Å². The van der Waals surface area contributed by atoms with Crippen molar-refractivity contribution in [3.05, 3.63) is 33.1 Å². The van der Waals surface area contributed by atoms with Gasteiger partial charge in [0.25, 0.3) is 5.69 Å². The molecule has 0 aromatic carbocycles. The molecule has 0 aliphatic carbocycles. The zero-order chi connectivity index (χ0) is 13.7. The average Bonchev–Trinajstić information content (AvgIpc) is 2.32. The number of nitrogens with one attached hydrogen (secondary N) is 1. The van der Waals surface area contributed by atoms with Crippen LogP contribution in [0.5, 0.6) is 0 Å². The second-order valence-corrected chi connectivity index (χ2v) is 4.06. The molecule has 1 rings (SSSR count). The Bertz CT molecular complexity index is 433. The van der Waals surface area contributed by atoms with E-state index in [4.69, 9.17) is 10.2 Å². The lowest BCUT2D eigenvalue weighted by Gasteiger charge is -2.14. The van der Waals surface area contributed by atoms with Crippen molar-refractivity contribution >= 4 is 5.69 Å². The summed E-state index contributed by atoms with van der Waals surface area (Å²) in [6.07, 6.45) is 1.45. The number of nitrogens with zero attached hydrogens (tertiary/aromatic N) is 2. The van der Waals surface area contributed by atoms with Crippen molar-refractivity contribution in [1.82, 2.24) is 10.3 Å². The summed E-state index contributed by atoms with van der Waals surface area (Å²) in [5, 5.41) is 31.6. The SMILES string of the molecule is Cc1cnc(CNC(CO)CO)c(C)c1[N+](=O)[O-]. The molecule has 0 aliphatic heterocycles. The molecule has 18 heavy (non-hydrogen) atoms. The highest BCUT2D eigenvalue weighted by Crippen LogP contribution is 2.23. The fourth-order valence-corrected chi connectivity index (χ4v) is 1.65. The minimum atomic E-state index is -0.452. The minimum Gasteiger partial charge on any atom is -0.395 e. The number of aromatic nitrogens is 1. The lowest BCUT2D eigenvalue weighted by Crippen LogP contribution is -2.35. The van der Waals surface area contributed by atoms with Gasteiger partial charge in [0.1, 0.15) is 0 Å². The summed E-state index contributed by atoms with van der Waals surface area (Å²) < 4.78 is 0. The van der Waals surface area contributed by atoms with E-state index in [1.807, 2.05) is 0 Å². The Morgan fingerprint density at radius 3 is 2.56 bits per heavy atom. The molecule has 3 N–H and O–H groups in total. The van der Waals surface area contributed by atoms with E-state index in [2.05, 4.69) is 10.3 Å². The van der Waals surface area contributed by atoms with E-state index in [1.54, 1.807) is 13.8 Å². The number of aryl methyl sites for hydroxylation is 1. The summed E-state index contributed by atoms with van der Waals surface area (Å²) >= 11 is 0. The summed E-state index contributed by atoms with van der Waals surface area (Å²) in [4.78, 5) is 14.6. The molecule has 0 atom stereocenters. The van der Waals surface area contributed by atoms with Crippen LogP contribution in [0.1, 0.15) is 16.8 Å². The van der Waals surface area contributed by atoms with Gasteiger partial charge in [0.05, 0.1) is 29.9 Å². The molecule has 7 nitrogen and oxygen atoms in total. The molecule has 1 aromatic rings. The number of aliphatic hydroxyl groups is 2. The van der Waals surface area contributed by atoms with Crippen molar-refractivity contribution in [3.8, 4) is 0 Å². The monoisotopic (exact) mass is 255 g/mol. The zero-order valence-electron chi connectivity index (χ0n) is 10.4. The van der Waals surface area contributed by atoms with E-state index in [0.29, 0.717) is 16.8 Å². The van der Waals surface area contributed by atoms with E-state index in [-0.39, 0.29) is 25.4 Å². The van der Waals surface area contributed by atoms with Crippen LogP contribution in [0.15, 0.2) is 6.20 Å². The molecule has 0 radical (unpaired) electrons. The van der Waals surface area contributed by atoms with Gasteiger partial charge in [0.2, 0.25) is 0 Å². The second-order valence-electron chi connectivity index (χ2n) is 4.06. The number of nitro groups is 1. The Balaban J connectivity index is 2.91. The molecule has 0 spiro atoms. The quantitative estimate of drug-likeness (QED) is 0.489. The van der Waals surface area contributed by atoms with Gasteiger partial charge in [-0.15, -0.1) is 0 Å². The second kappa shape index (κ2) is 6.39. The molecule has 0 saturated heterocycles. The summed E-state index contributed by atoms with van der Waals surface area (Å²) in [6.45, 7) is 3.13. The van der Waals surface area contributed by atoms with E-state index in [9.17, 15) is 10.1 Å². The smallest absolute Gasteiger partial charge is 0.278 e. The van der Waals surface area contributed by atoms with Crippen LogP contribution in [0.3, 0.4) is 0 Å². The fourth-order valence-electron chi connectivity index (χ4n) is 1.65. The number of hydrogen-bond donors (Lipinski definition) is 3. The van der Waals surface area contributed by atoms with Crippen molar-refractivity contribution in [2.75, 3.05) is 13.2 Å². The molecule has 0 unspecified atom stereocenters. The lowest BCUT2D eigenvalue weighted by molar-refractivity contribution is -0.386. The van der Waals surface area contributed by atoms with Crippen molar-refractivity contribution in [2.24, 2.45) is 0 Å². The van der Waals surface area contributed by atoms with Gasteiger partial charge >= 0.3 is 0 Å². The third-order valence-electron chi connectivity index (χ3n) is 2.76. The summed E-state index contributed by atoms with van der Waals surface area (Å²) in [7, 11) is 0. The highest BCUT2D eigenvalue weighted by molar-refractivity contribution is 5.47. The van der Waals surface area contributed by atoms with Crippen molar-refractivity contribution in [1.29, 1.82) is 0 Å². The maximum absolute atomic E-state index is 10.9. The molecule has 7 heteroatoms. The van der Waals surface area contributed by atoms with Crippen LogP contribution in [0.25, 0.3) is 0 Å². The Labute approximate surface area is 105 Å². The van der Waals surface area contributed by atoms with Gasteiger partial charge in [-0.2, -0.15) is 0 Å². The zero-order valence-corrected chi connectivity index (χ0v) is 10.4. The molecule has 100 valence electrons. The van der Waals surface area contributed by atoms with Gasteiger partial charge in [-0.05, 0) is 13.8 Å². The van der Waals surface area contributed by atoms with Crippen LogP contribution >= 0.6 is 0 Å². The third kappa shape index (κ3) is 3.22. The Morgan fingerprint density at radius 1 is 1.44 bits per heavy atom. The van der Waals surface area contributed by atoms with Crippen LogP contribution in [0, 0.1) is 24.0 Å². The summed E-state index contributed by atoms with van der Waals surface area (Å²) in [6, 6.07) is -0.452. The topological polar surface area (TPSA) is 109 Å². The number of aliphatic hydroxyl groups excluding tert-OH is 2. The van der Waals surface area contributed by atoms with E-state index < -0.39 is 11.0 Å². The van der Waals surface area contributed by atoms with Gasteiger partial charge < -0.3 is 15.5 Å². The largest absolute Gasteiger partial charge is 0.395 e. The maximum atomic E-state index is 10.9. The van der Waals surface area contributed by atoms with Gasteiger partial charge in [0.15, 0.2) is 0 Å². The highest BCUT2D eigenvalue weighted by Gasteiger charge is 2.18. The molecule has 0 aliphatic rings.